The van der Waals surface area contributed by atoms with Crippen molar-refractivity contribution in [1.82, 2.24) is 9.97 Å². The molecule has 2 aromatic rings. The van der Waals surface area contributed by atoms with Crippen molar-refractivity contribution in [3.05, 3.63) is 54.6 Å². The van der Waals surface area contributed by atoms with Crippen molar-refractivity contribution in [2.45, 2.75) is 6.04 Å². The molecule has 0 saturated carbocycles. The van der Waals surface area contributed by atoms with Crippen LogP contribution in [0.3, 0.4) is 0 Å². The van der Waals surface area contributed by atoms with E-state index >= 15 is 0 Å². The second-order valence-electron chi connectivity index (χ2n) is 3.39. The predicted molar refractivity (Wildman–Crippen MR) is 60.9 cm³/mol. The fourth-order valence-electron chi connectivity index (χ4n) is 1.31. The molecule has 1 atom stereocenters. The normalized spacial score (nSPS) is 12.1. The minimum atomic E-state index is -0.172. The second kappa shape index (κ2) is 5.23. The Hall–Kier alpha value is -1.94. The topological polar surface area (TPSA) is 61.0 Å². The average molecular weight is 215 g/mol. The minimum absolute atomic E-state index is 0.172. The zero-order chi connectivity index (χ0) is 11.2. The Balaban J connectivity index is 1.92. The molecule has 0 saturated heterocycles. The molecule has 0 aliphatic heterocycles. The van der Waals surface area contributed by atoms with Crippen molar-refractivity contribution in [3.63, 3.8) is 0 Å². The summed E-state index contributed by atoms with van der Waals surface area (Å²) in [5.74, 6) is 0.724. The fraction of sp³-hybridized carbons (Fsp3) is 0.167. The molecule has 2 heterocycles. The molecular formula is C12H13N3O. The highest BCUT2D eigenvalue weighted by atomic mass is 16.5. The van der Waals surface area contributed by atoms with Gasteiger partial charge in [0.25, 0.3) is 0 Å². The number of nitrogens with two attached hydrogens (primary N) is 1. The maximum absolute atomic E-state index is 5.96. The molecule has 1 unspecified atom stereocenters. The van der Waals surface area contributed by atoms with Crippen LogP contribution in [0.25, 0.3) is 0 Å². The van der Waals surface area contributed by atoms with Gasteiger partial charge in [-0.05, 0) is 23.8 Å². The Morgan fingerprint density at radius 2 is 1.88 bits per heavy atom. The van der Waals surface area contributed by atoms with Crippen molar-refractivity contribution in [2.24, 2.45) is 5.73 Å². The largest absolute Gasteiger partial charge is 0.490 e. The third kappa shape index (κ3) is 2.77. The fourth-order valence-corrected chi connectivity index (χ4v) is 1.31. The summed E-state index contributed by atoms with van der Waals surface area (Å²) < 4.78 is 5.51. The SMILES string of the molecule is NC(COc1cccnc1)c1cccnc1. The smallest absolute Gasteiger partial charge is 0.137 e. The van der Waals surface area contributed by atoms with E-state index in [1.165, 1.54) is 0 Å². The number of ether oxygens (including phenoxy) is 1. The molecule has 0 bridgehead atoms. The molecule has 0 spiro atoms. The van der Waals surface area contributed by atoms with Crippen LogP contribution in [0.4, 0.5) is 0 Å². The van der Waals surface area contributed by atoms with E-state index in [0.29, 0.717) is 6.61 Å². The molecule has 0 aliphatic rings. The van der Waals surface area contributed by atoms with E-state index in [1.807, 2.05) is 24.3 Å². The van der Waals surface area contributed by atoms with E-state index in [4.69, 9.17) is 10.5 Å². The van der Waals surface area contributed by atoms with Gasteiger partial charge in [0, 0.05) is 18.6 Å². The van der Waals surface area contributed by atoms with Crippen molar-refractivity contribution in [1.29, 1.82) is 0 Å². The van der Waals surface area contributed by atoms with E-state index < -0.39 is 0 Å². The van der Waals surface area contributed by atoms with Gasteiger partial charge < -0.3 is 10.5 Å². The number of nitrogens with zero attached hydrogens (tertiary/aromatic N) is 2. The Labute approximate surface area is 94.1 Å². The third-order valence-electron chi connectivity index (χ3n) is 2.18. The zero-order valence-electron chi connectivity index (χ0n) is 8.78. The molecule has 0 fully saturated rings. The van der Waals surface area contributed by atoms with E-state index in [2.05, 4.69) is 9.97 Å². The van der Waals surface area contributed by atoms with Crippen molar-refractivity contribution in [3.8, 4) is 5.75 Å². The number of rotatable bonds is 4. The van der Waals surface area contributed by atoms with E-state index in [1.54, 1.807) is 24.8 Å². The summed E-state index contributed by atoms with van der Waals surface area (Å²) >= 11 is 0. The van der Waals surface area contributed by atoms with Gasteiger partial charge in [-0.1, -0.05) is 6.07 Å². The Morgan fingerprint density at radius 1 is 1.12 bits per heavy atom. The van der Waals surface area contributed by atoms with Crippen LogP contribution >= 0.6 is 0 Å². The van der Waals surface area contributed by atoms with Crippen LogP contribution in [0.15, 0.2) is 49.1 Å². The molecule has 4 heteroatoms. The van der Waals surface area contributed by atoms with Crippen LogP contribution in [0.5, 0.6) is 5.75 Å². The maximum Gasteiger partial charge on any atom is 0.137 e. The van der Waals surface area contributed by atoms with Crippen molar-refractivity contribution >= 4 is 0 Å². The van der Waals surface area contributed by atoms with Gasteiger partial charge in [-0.2, -0.15) is 0 Å². The highest BCUT2D eigenvalue weighted by Crippen LogP contribution is 2.12. The van der Waals surface area contributed by atoms with Crippen LogP contribution < -0.4 is 10.5 Å². The molecule has 2 N–H and O–H groups in total. The minimum Gasteiger partial charge on any atom is -0.490 e. The Bertz CT molecular complexity index is 419. The standard InChI is InChI=1S/C12H13N3O/c13-12(10-3-1-5-14-7-10)9-16-11-4-2-6-15-8-11/h1-8,12H,9,13H2. The summed E-state index contributed by atoms with van der Waals surface area (Å²) in [4.78, 5) is 7.97. The van der Waals surface area contributed by atoms with Crippen LogP contribution in [0.1, 0.15) is 11.6 Å². The molecule has 0 aromatic carbocycles. The van der Waals surface area contributed by atoms with Crippen LogP contribution in [-0.2, 0) is 0 Å². The summed E-state index contributed by atoms with van der Waals surface area (Å²) in [5, 5.41) is 0. The Morgan fingerprint density at radius 3 is 2.50 bits per heavy atom. The van der Waals surface area contributed by atoms with Gasteiger partial charge in [0.2, 0.25) is 0 Å². The molecule has 0 amide bonds. The zero-order valence-corrected chi connectivity index (χ0v) is 8.78. The molecule has 2 rings (SSSR count). The van der Waals surface area contributed by atoms with Gasteiger partial charge in [-0.15, -0.1) is 0 Å². The molecule has 4 nitrogen and oxygen atoms in total. The lowest BCUT2D eigenvalue weighted by Gasteiger charge is -2.12. The van der Waals surface area contributed by atoms with Crippen molar-refractivity contribution < 1.29 is 4.74 Å². The lowest BCUT2D eigenvalue weighted by Crippen LogP contribution is -2.19. The highest BCUT2D eigenvalue weighted by molar-refractivity contribution is 5.17. The first-order valence-corrected chi connectivity index (χ1v) is 5.04. The van der Waals surface area contributed by atoms with Gasteiger partial charge in [-0.3, -0.25) is 9.97 Å². The van der Waals surface area contributed by atoms with Gasteiger partial charge in [0.15, 0.2) is 0 Å². The first-order valence-electron chi connectivity index (χ1n) is 5.04. The number of aromatic nitrogens is 2. The molecule has 0 aliphatic carbocycles. The van der Waals surface area contributed by atoms with E-state index in [-0.39, 0.29) is 6.04 Å². The molecular weight excluding hydrogens is 202 g/mol. The lowest BCUT2D eigenvalue weighted by molar-refractivity contribution is 0.289. The quantitative estimate of drug-likeness (QED) is 0.840. The monoisotopic (exact) mass is 215 g/mol. The van der Waals surface area contributed by atoms with Gasteiger partial charge in [0.1, 0.15) is 12.4 Å². The Kier molecular flexibility index (Phi) is 3.46. The summed E-state index contributed by atoms with van der Waals surface area (Å²) in [6.45, 7) is 0.414. The van der Waals surface area contributed by atoms with Crippen molar-refractivity contribution in [2.75, 3.05) is 6.61 Å². The van der Waals surface area contributed by atoms with Gasteiger partial charge in [-0.25, -0.2) is 0 Å². The average Bonchev–Trinajstić information content (AvgIpc) is 2.38. The summed E-state index contributed by atoms with van der Waals surface area (Å²) in [5.41, 5.74) is 6.92. The maximum atomic E-state index is 5.96. The summed E-state index contributed by atoms with van der Waals surface area (Å²) in [6.07, 6.45) is 6.83. The first-order chi connectivity index (χ1) is 7.86. The number of pyridine rings is 2. The van der Waals surface area contributed by atoms with Crippen LogP contribution in [0.2, 0.25) is 0 Å². The molecule has 2 aromatic heterocycles. The summed E-state index contributed by atoms with van der Waals surface area (Å²) in [7, 11) is 0. The number of hydrogen-bond acceptors (Lipinski definition) is 4. The second-order valence-corrected chi connectivity index (χ2v) is 3.39. The van der Waals surface area contributed by atoms with Crippen LogP contribution in [0, 0.1) is 0 Å². The molecule has 82 valence electrons. The first kappa shape index (κ1) is 10.6. The van der Waals surface area contributed by atoms with E-state index in [9.17, 15) is 0 Å². The summed E-state index contributed by atoms with van der Waals surface area (Å²) in [6, 6.07) is 7.30. The molecule has 16 heavy (non-hydrogen) atoms. The predicted octanol–water partition coefficient (Wildman–Crippen LogP) is 1.56. The van der Waals surface area contributed by atoms with Gasteiger partial charge in [0.05, 0.1) is 12.2 Å². The third-order valence-corrected chi connectivity index (χ3v) is 2.18. The van der Waals surface area contributed by atoms with E-state index in [0.717, 1.165) is 11.3 Å². The molecule has 0 radical (unpaired) electrons. The van der Waals surface area contributed by atoms with Crippen LogP contribution in [-0.4, -0.2) is 16.6 Å². The van der Waals surface area contributed by atoms with Gasteiger partial charge >= 0.3 is 0 Å². The number of hydrogen-bond donors (Lipinski definition) is 1. The highest BCUT2D eigenvalue weighted by Gasteiger charge is 2.06. The lowest BCUT2D eigenvalue weighted by atomic mass is 10.1.